The van der Waals surface area contributed by atoms with Crippen LogP contribution in [-0.2, 0) is 8.85 Å². The largest absolute Gasteiger partial charge is 0.421 e. The van der Waals surface area contributed by atoms with Crippen LogP contribution in [0.15, 0.2) is 0 Å². The van der Waals surface area contributed by atoms with E-state index >= 15 is 0 Å². The third-order valence-electron chi connectivity index (χ3n) is 3.79. The average Bonchev–Trinajstić information content (AvgIpc) is 2.30. The maximum Gasteiger partial charge on any atom is 0.161 e. The SMILES string of the molecule is CC(C)C(O[SiH2]CC[SiH2]OC(C(C)C)C(C)C)C(C)C. The molecule has 20 heavy (non-hydrogen) atoms. The minimum Gasteiger partial charge on any atom is -0.421 e. The molecule has 0 amide bonds. The molecule has 0 atom stereocenters. The Bertz CT molecular complexity index is 191. The van der Waals surface area contributed by atoms with E-state index in [0.29, 0.717) is 35.9 Å². The Morgan fingerprint density at radius 1 is 0.550 bits per heavy atom. The highest BCUT2D eigenvalue weighted by molar-refractivity contribution is 6.34. The average molecular weight is 319 g/mol. The highest BCUT2D eigenvalue weighted by Crippen LogP contribution is 2.17. The van der Waals surface area contributed by atoms with Gasteiger partial charge in [-0.15, -0.1) is 0 Å². The minimum atomic E-state index is -0.351. The highest BCUT2D eigenvalue weighted by atomic mass is 28.2. The van der Waals surface area contributed by atoms with Crippen molar-refractivity contribution >= 4 is 19.5 Å². The van der Waals surface area contributed by atoms with E-state index in [4.69, 9.17) is 8.85 Å². The van der Waals surface area contributed by atoms with Crippen molar-refractivity contribution in [3.63, 3.8) is 0 Å². The van der Waals surface area contributed by atoms with Crippen molar-refractivity contribution in [2.45, 2.75) is 79.7 Å². The fourth-order valence-corrected chi connectivity index (χ4v) is 7.00. The molecule has 0 saturated heterocycles. The number of hydrogen-bond donors (Lipinski definition) is 0. The van der Waals surface area contributed by atoms with Crippen LogP contribution < -0.4 is 0 Å². The van der Waals surface area contributed by atoms with Gasteiger partial charge < -0.3 is 8.85 Å². The van der Waals surface area contributed by atoms with Crippen molar-refractivity contribution < 1.29 is 8.85 Å². The van der Waals surface area contributed by atoms with Crippen molar-refractivity contribution in [3.05, 3.63) is 0 Å². The Morgan fingerprint density at radius 2 is 0.800 bits per heavy atom. The predicted octanol–water partition coefficient (Wildman–Crippen LogP) is 3.39. The zero-order chi connectivity index (χ0) is 15.7. The van der Waals surface area contributed by atoms with Crippen LogP contribution in [0.1, 0.15) is 55.4 Å². The Morgan fingerprint density at radius 3 is 1.00 bits per heavy atom. The fourth-order valence-electron chi connectivity index (χ4n) is 2.95. The number of rotatable bonds is 11. The summed E-state index contributed by atoms with van der Waals surface area (Å²) < 4.78 is 12.3. The maximum absolute atomic E-state index is 6.17. The zero-order valence-corrected chi connectivity index (χ0v) is 17.9. The van der Waals surface area contributed by atoms with E-state index in [2.05, 4.69) is 55.4 Å². The molecule has 2 nitrogen and oxygen atoms in total. The Labute approximate surface area is 132 Å². The molecule has 0 fully saturated rings. The lowest BCUT2D eigenvalue weighted by Crippen LogP contribution is -2.28. The summed E-state index contributed by atoms with van der Waals surface area (Å²) in [5.74, 6) is 2.56. The van der Waals surface area contributed by atoms with Gasteiger partial charge in [0, 0.05) is 12.2 Å². The smallest absolute Gasteiger partial charge is 0.161 e. The van der Waals surface area contributed by atoms with Crippen molar-refractivity contribution in [2.24, 2.45) is 23.7 Å². The topological polar surface area (TPSA) is 18.5 Å². The first-order valence-electron chi connectivity index (χ1n) is 8.50. The molecule has 0 aliphatic heterocycles. The Kier molecular flexibility index (Phi) is 11.2. The van der Waals surface area contributed by atoms with Gasteiger partial charge in [0.2, 0.25) is 0 Å². The predicted molar refractivity (Wildman–Crippen MR) is 95.8 cm³/mol. The van der Waals surface area contributed by atoms with Crippen LogP contribution >= 0.6 is 0 Å². The fraction of sp³-hybridized carbons (Fsp3) is 1.00. The van der Waals surface area contributed by atoms with E-state index in [1.54, 1.807) is 0 Å². The minimum absolute atomic E-state index is 0.351. The van der Waals surface area contributed by atoms with E-state index in [-0.39, 0.29) is 19.5 Å². The molecule has 0 aliphatic rings. The molecule has 0 spiro atoms. The summed E-state index contributed by atoms with van der Waals surface area (Å²) in [6.45, 7) is 18.2. The first kappa shape index (κ1) is 20.4. The molecule has 0 rings (SSSR count). The van der Waals surface area contributed by atoms with E-state index in [9.17, 15) is 0 Å². The van der Waals surface area contributed by atoms with Gasteiger partial charge in [0.1, 0.15) is 0 Å². The Balaban J connectivity index is 3.76. The summed E-state index contributed by atoms with van der Waals surface area (Å²) in [6.07, 6.45) is 0.923. The van der Waals surface area contributed by atoms with Gasteiger partial charge >= 0.3 is 0 Å². The van der Waals surface area contributed by atoms with Crippen molar-refractivity contribution in [1.29, 1.82) is 0 Å². The van der Waals surface area contributed by atoms with Gasteiger partial charge in [-0.05, 0) is 35.8 Å². The van der Waals surface area contributed by atoms with Gasteiger partial charge in [0.25, 0.3) is 0 Å². The lowest BCUT2D eigenvalue weighted by molar-refractivity contribution is 0.108. The zero-order valence-electron chi connectivity index (χ0n) is 15.1. The van der Waals surface area contributed by atoms with Gasteiger partial charge in [0.05, 0.1) is 0 Å². The van der Waals surface area contributed by atoms with Crippen LogP contribution in [0, 0.1) is 23.7 Å². The molecular weight excluding hydrogens is 280 g/mol. The van der Waals surface area contributed by atoms with Crippen LogP contribution in [0.3, 0.4) is 0 Å². The molecular formula is C16H38O2Si2. The molecule has 0 saturated carbocycles. The third-order valence-corrected chi connectivity index (χ3v) is 7.61. The summed E-state index contributed by atoms with van der Waals surface area (Å²) in [4.78, 5) is 0. The standard InChI is InChI=1S/C16H38O2Si2/c1-11(2)15(12(3)4)17-19-9-10-20-18-16(13(5)6)14(7)8/h11-16H,9-10,19-20H2,1-8H3. The van der Waals surface area contributed by atoms with Gasteiger partial charge in [0.15, 0.2) is 19.5 Å². The molecule has 0 aromatic carbocycles. The van der Waals surface area contributed by atoms with Gasteiger partial charge in [-0.25, -0.2) is 0 Å². The molecule has 122 valence electrons. The van der Waals surface area contributed by atoms with E-state index in [1.165, 1.54) is 12.1 Å². The van der Waals surface area contributed by atoms with E-state index in [0.717, 1.165) is 0 Å². The molecule has 0 aromatic rings. The first-order valence-corrected chi connectivity index (χ1v) is 11.7. The highest BCUT2D eigenvalue weighted by Gasteiger charge is 2.18. The second-order valence-electron chi connectivity index (χ2n) is 7.35. The van der Waals surface area contributed by atoms with Gasteiger partial charge in [-0.3, -0.25) is 0 Å². The summed E-state index contributed by atoms with van der Waals surface area (Å²) in [5, 5.41) is 0. The molecule has 0 bridgehead atoms. The van der Waals surface area contributed by atoms with Crippen LogP contribution in [0.25, 0.3) is 0 Å². The quantitative estimate of drug-likeness (QED) is 0.429. The summed E-state index contributed by atoms with van der Waals surface area (Å²) >= 11 is 0. The Hall–Kier alpha value is 0.354. The molecule has 0 unspecified atom stereocenters. The lowest BCUT2D eigenvalue weighted by atomic mass is 9.97. The summed E-state index contributed by atoms with van der Waals surface area (Å²) in [7, 11) is -0.701. The van der Waals surface area contributed by atoms with E-state index < -0.39 is 0 Å². The van der Waals surface area contributed by atoms with Crippen LogP contribution in [-0.4, -0.2) is 31.7 Å². The van der Waals surface area contributed by atoms with Gasteiger partial charge in [-0.1, -0.05) is 55.4 Å². The third kappa shape index (κ3) is 8.60. The van der Waals surface area contributed by atoms with Crippen LogP contribution in [0.5, 0.6) is 0 Å². The molecule has 4 heteroatoms. The summed E-state index contributed by atoms with van der Waals surface area (Å²) in [6, 6.07) is 2.59. The second-order valence-corrected chi connectivity index (χ2v) is 10.3. The van der Waals surface area contributed by atoms with Crippen LogP contribution in [0.2, 0.25) is 12.1 Å². The van der Waals surface area contributed by atoms with Gasteiger partial charge in [-0.2, -0.15) is 0 Å². The maximum atomic E-state index is 6.17. The van der Waals surface area contributed by atoms with Crippen LogP contribution in [0.4, 0.5) is 0 Å². The van der Waals surface area contributed by atoms with Crippen molar-refractivity contribution in [2.75, 3.05) is 0 Å². The summed E-state index contributed by atoms with van der Waals surface area (Å²) in [5.41, 5.74) is 0. The second kappa shape index (κ2) is 11.0. The van der Waals surface area contributed by atoms with Crippen molar-refractivity contribution in [1.82, 2.24) is 0 Å². The number of hydrogen-bond acceptors (Lipinski definition) is 2. The first-order chi connectivity index (χ1) is 9.27. The molecule has 0 heterocycles. The lowest BCUT2D eigenvalue weighted by Gasteiger charge is -2.26. The van der Waals surface area contributed by atoms with E-state index in [1.807, 2.05) is 0 Å². The molecule has 0 aliphatic carbocycles. The van der Waals surface area contributed by atoms with Crippen molar-refractivity contribution in [3.8, 4) is 0 Å². The normalized spacial score (nSPS) is 14.1. The molecule has 0 aromatic heterocycles. The molecule has 0 N–H and O–H groups in total. The monoisotopic (exact) mass is 318 g/mol. The molecule has 0 radical (unpaired) electrons.